The Labute approximate surface area is 122 Å². The number of nitrogens with one attached hydrogen (secondary N) is 1. The van der Waals surface area contributed by atoms with Crippen LogP contribution in [-0.4, -0.2) is 35.9 Å². The van der Waals surface area contributed by atoms with Crippen LogP contribution in [0.1, 0.15) is 17.3 Å². The van der Waals surface area contributed by atoms with Gasteiger partial charge in [0.15, 0.2) is 0 Å². The average molecular weight is 326 g/mol. The van der Waals surface area contributed by atoms with Crippen molar-refractivity contribution in [3.8, 4) is 0 Å². The van der Waals surface area contributed by atoms with Crippen molar-refractivity contribution in [2.45, 2.75) is 18.7 Å². The number of aliphatic hydroxyl groups is 1. The first-order valence-corrected chi connectivity index (χ1v) is 5.87. The maximum Gasteiger partial charge on any atom is 0.426 e. The monoisotopic (exact) mass is 325 g/mol. The molecule has 0 aromatic heterocycles. The van der Waals surface area contributed by atoms with E-state index in [0.717, 1.165) is 19.2 Å². The molecule has 0 spiro atoms. The number of anilines is 1. The second-order valence-electron chi connectivity index (χ2n) is 4.21. The first-order chi connectivity index (χ1) is 9.50. The van der Waals surface area contributed by atoms with Crippen molar-refractivity contribution < 1.29 is 32.6 Å². The molecule has 9 heteroatoms. The van der Waals surface area contributed by atoms with Crippen LogP contribution >= 0.6 is 11.6 Å². The van der Waals surface area contributed by atoms with E-state index in [1.807, 2.05) is 5.32 Å². The lowest BCUT2D eigenvalue weighted by atomic mass is 10.1. The van der Waals surface area contributed by atoms with Crippen LogP contribution in [0.2, 0.25) is 5.02 Å². The molecule has 1 aromatic carbocycles. The Morgan fingerprint density at radius 3 is 2.33 bits per heavy atom. The third-order valence-electron chi connectivity index (χ3n) is 2.63. The van der Waals surface area contributed by atoms with Crippen LogP contribution in [0.5, 0.6) is 0 Å². The van der Waals surface area contributed by atoms with Crippen LogP contribution in [-0.2, 0) is 9.53 Å². The van der Waals surface area contributed by atoms with Crippen LogP contribution < -0.4 is 5.32 Å². The molecule has 0 aliphatic heterocycles. The predicted octanol–water partition coefficient (Wildman–Crippen LogP) is 2.38. The molecule has 1 amide bonds. The average Bonchev–Trinajstić information content (AvgIpc) is 2.38. The van der Waals surface area contributed by atoms with Crippen molar-refractivity contribution in [2.75, 3.05) is 12.4 Å². The molecule has 5 nitrogen and oxygen atoms in total. The summed E-state index contributed by atoms with van der Waals surface area (Å²) in [6.07, 6.45) is -5.14. The number of amides is 1. The Bertz CT molecular complexity index is 572. The number of benzene rings is 1. The highest BCUT2D eigenvalue weighted by Gasteiger charge is 2.55. The topological polar surface area (TPSA) is 75.6 Å². The van der Waals surface area contributed by atoms with Crippen molar-refractivity contribution in [3.63, 3.8) is 0 Å². The quantitative estimate of drug-likeness (QED) is 0.837. The van der Waals surface area contributed by atoms with E-state index < -0.39 is 23.7 Å². The number of halogens is 4. The summed E-state index contributed by atoms with van der Waals surface area (Å²) in [6.45, 7) is 0.319. The van der Waals surface area contributed by atoms with Crippen LogP contribution in [0.3, 0.4) is 0 Å². The van der Waals surface area contributed by atoms with Gasteiger partial charge < -0.3 is 15.2 Å². The summed E-state index contributed by atoms with van der Waals surface area (Å²) in [4.78, 5) is 22.7. The highest BCUT2D eigenvalue weighted by molar-refractivity contribution is 6.34. The Hall–Kier alpha value is -1.80. The lowest BCUT2D eigenvalue weighted by Gasteiger charge is -2.25. The van der Waals surface area contributed by atoms with Crippen LogP contribution in [0.4, 0.5) is 18.9 Å². The van der Waals surface area contributed by atoms with Crippen LogP contribution in [0.25, 0.3) is 0 Å². The van der Waals surface area contributed by atoms with E-state index in [-0.39, 0.29) is 16.3 Å². The smallest absolute Gasteiger partial charge is 0.426 e. The number of esters is 1. The molecular weight excluding hydrogens is 315 g/mol. The van der Waals surface area contributed by atoms with Crippen molar-refractivity contribution in [3.05, 3.63) is 28.8 Å². The third kappa shape index (κ3) is 3.64. The number of hydrogen-bond donors (Lipinski definition) is 2. The van der Waals surface area contributed by atoms with Crippen molar-refractivity contribution in [1.29, 1.82) is 0 Å². The first kappa shape index (κ1) is 17.3. The predicted molar refractivity (Wildman–Crippen MR) is 68.1 cm³/mol. The number of hydrogen-bond acceptors (Lipinski definition) is 4. The van der Waals surface area contributed by atoms with Crippen molar-refractivity contribution >= 4 is 29.2 Å². The standard InChI is InChI=1S/C12H11ClF3NO4/c1-11(20,12(14,15)16)10(19)17-8-4-3-6(5-7(8)13)9(18)21-2/h3-5,20H,1-2H3,(H,17,19)/t11-/m1/s1. The highest BCUT2D eigenvalue weighted by atomic mass is 35.5. The second kappa shape index (κ2) is 5.90. The summed E-state index contributed by atoms with van der Waals surface area (Å²) in [7, 11) is 1.15. The molecule has 0 unspecified atom stereocenters. The van der Waals surface area contributed by atoms with E-state index in [1.165, 1.54) is 6.07 Å². The maximum absolute atomic E-state index is 12.5. The van der Waals surface area contributed by atoms with Gasteiger partial charge in [0.25, 0.3) is 5.91 Å². The fraction of sp³-hybridized carbons (Fsp3) is 0.333. The molecule has 1 rings (SSSR count). The zero-order valence-corrected chi connectivity index (χ0v) is 11.7. The summed E-state index contributed by atoms with van der Waals surface area (Å²) in [5, 5.41) is 10.9. The Kier molecular flexibility index (Phi) is 4.85. The van der Waals surface area contributed by atoms with Crippen LogP contribution in [0, 0.1) is 0 Å². The van der Waals surface area contributed by atoms with Crippen molar-refractivity contribution in [1.82, 2.24) is 0 Å². The third-order valence-corrected chi connectivity index (χ3v) is 2.95. The highest BCUT2D eigenvalue weighted by Crippen LogP contribution is 2.32. The number of rotatable bonds is 3. The summed E-state index contributed by atoms with van der Waals surface area (Å²) >= 11 is 5.75. The molecule has 2 N–H and O–H groups in total. The van der Waals surface area contributed by atoms with Gasteiger partial charge in [-0.25, -0.2) is 4.79 Å². The minimum absolute atomic E-state index is 0.0584. The molecule has 1 atom stereocenters. The molecule has 0 fully saturated rings. The minimum Gasteiger partial charge on any atom is -0.465 e. The lowest BCUT2D eigenvalue weighted by molar-refractivity contribution is -0.242. The molecule has 0 radical (unpaired) electrons. The van der Waals surface area contributed by atoms with Gasteiger partial charge >= 0.3 is 12.1 Å². The van der Waals surface area contributed by atoms with Crippen LogP contribution in [0.15, 0.2) is 18.2 Å². The number of methoxy groups -OCH3 is 1. The Morgan fingerprint density at radius 2 is 1.90 bits per heavy atom. The molecule has 1 aromatic rings. The normalized spacial score (nSPS) is 14.2. The number of carbonyl (C=O) groups excluding carboxylic acids is 2. The molecule has 21 heavy (non-hydrogen) atoms. The second-order valence-corrected chi connectivity index (χ2v) is 4.62. The van der Waals surface area contributed by atoms with E-state index in [4.69, 9.17) is 11.6 Å². The molecule has 0 heterocycles. The van der Waals surface area contributed by atoms with E-state index in [9.17, 15) is 27.9 Å². The first-order valence-electron chi connectivity index (χ1n) is 5.49. The SMILES string of the molecule is COC(=O)c1ccc(NC(=O)[C@@](C)(O)C(F)(F)F)c(Cl)c1. The number of alkyl halides is 3. The van der Waals surface area contributed by atoms with Gasteiger partial charge in [-0.05, 0) is 25.1 Å². The van der Waals surface area contributed by atoms with E-state index in [2.05, 4.69) is 4.74 Å². The van der Waals surface area contributed by atoms with Gasteiger partial charge in [-0.2, -0.15) is 13.2 Å². The fourth-order valence-corrected chi connectivity index (χ4v) is 1.46. The number of carbonyl (C=O) groups is 2. The Morgan fingerprint density at radius 1 is 1.33 bits per heavy atom. The van der Waals surface area contributed by atoms with Gasteiger partial charge in [0.1, 0.15) is 0 Å². The van der Waals surface area contributed by atoms with Gasteiger partial charge in [-0.15, -0.1) is 0 Å². The van der Waals surface area contributed by atoms with Crippen molar-refractivity contribution in [2.24, 2.45) is 0 Å². The fourth-order valence-electron chi connectivity index (χ4n) is 1.23. The summed E-state index contributed by atoms with van der Waals surface area (Å²) < 4.78 is 41.9. The molecule has 116 valence electrons. The Balaban J connectivity index is 3.00. The summed E-state index contributed by atoms with van der Waals surface area (Å²) in [6, 6.07) is 3.44. The molecule has 0 saturated carbocycles. The lowest BCUT2D eigenvalue weighted by Crippen LogP contribution is -2.52. The zero-order valence-electron chi connectivity index (χ0n) is 10.9. The van der Waals surface area contributed by atoms with Gasteiger partial charge in [0.05, 0.1) is 23.4 Å². The van der Waals surface area contributed by atoms with Gasteiger partial charge in [0, 0.05) is 0 Å². The van der Waals surface area contributed by atoms with E-state index in [1.54, 1.807) is 0 Å². The van der Waals surface area contributed by atoms with E-state index >= 15 is 0 Å². The number of ether oxygens (including phenoxy) is 1. The van der Waals surface area contributed by atoms with Gasteiger partial charge in [-0.3, -0.25) is 4.79 Å². The largest absolute Gasteiger partial charge is 0.465 e. The summed E-state index contributed by atoms with van der Waals surface area (Å²) in [5.41, 5.74) is -3.70. The maximum atomic E-state index is 12.5. The van der Waals surface area contributed by atoms with Gasteiger partial charge in [-0.1, -0.05) is 11.6 Å². The molecule has 0 aliphatic rings. The minimum atomic E-state index is -5.14. The molecule has 0 bridgehead atoms. The molecular formula is C12H11ClF3NO4. The molecule has 0 aliphatic carbocycles. The summed E-state index contributed by atoms with van der Waals surface area (Å²) in [5.74, 6) is -2.39. The molecule has 0 saturated heterocycles. The zero-order chi connectivity index (χ0) is 16.4. The van der Waals surface area contributed by atoms with Gasteiger partial charge in [0.2, 0.25) is 5.60 Å². The van der Waals surface area contributed by atoms with E-state index in [0.29, 0.717) is 6.92 Å².